The van der Waals surface area contributed by atoms with E-state index in [-0.39, 0.29) is 6.04 Å². The summed E-state index contributed by atoms with van der Waals surface area (Å²) in [5, 5.41) is 0. The molecular weight excluding hydrogens is 335 g/mol. The van der Waals surface area contributed by atoms with Crippen molar-refractivity contribution >= 4 is 22.6 Å². The molecule has 0 fully saturated rings. The number of hydrogen-bond donors (Lipinski definition) is 2. The Labute approximate surface area is 122 Å². The molecule has 0 saturated carbocycles. The van der Waals surface area contributed by atoms with Crippen molar-refractivity contribution in [3.05, 3.63) is 68.3 Å². The molecule has 2 rings (SSSR count). The van der Waals surface area contributed by atoms with Crippen LogP contribution in [-0.2, 0) is 0 Å². The van der Waals surface area contributed by atoms with Crippen molar-refractivity contribution in [3.8, 4) is 0 Å². The van der Waals surface area contributed by atoms with E-state index in [1.807, 2.05) is 0 Å². The van der Waals surface area contributed by atoms with Crippen molar-refractivity contribution in [1.29, 1.82) is 0 Å². The summed E-state index contributed by atoms with van der Waals surface area (Å²) in [4.78, 5) is 0. The van der Waals surface area contributed by atoms with Crippen LogP contribution in [0.2, 0.25) is 0 Å². The summed E-state index contributed by atoms with van der Waals surface area (Å²) in [7, 11) is 0. The monoisotopic (exact) mass is 352 g/mol. The number of halogens is 1. The SMILES string of the molecule is Cc1ccc(C(NN)c2ccc(I)cc2)c(C)c1. The number of benzene rings is 2. The van der Waals surface area contributed by atoms with E-state index >= 15 is 0 Å². The largest absolute Gasteiger partial charge is 0.271 e. The van der Waals surface area contributed by atoms with Crippen LogP contribution >= 0.6 is 22.6 Å². The lowest BCUT2D eigenvalue weighted by Crippen LogP contribution is -2.29. The topological polar surface area (TPSA) is 38.0 Å². The molecule has 94 valence electrons. The second-order valence-electron chi connectivity index (χ2n) is 4.51. The Balaban J connectivity index is 2.41. The van der Waals surface area contributed by atoms with Crippen molar-refractivity contribution in [2.45, 2.75) is 19.9 Å². The Morgan fingerprint density at radius 3 is 2.28 bits per heavy atom. The molecule has 1 atom stereocenters. The zero-order chi connectivity index (χ0) is 13.1. The molecule has 2 aromatic rings. The number of rotatable bonds is 3. The van der Waals surface area contributed by atoms with Gasteiger partial charge in [-0.1, -0.05) is 35.9 Å². The maximum absolute atomic E-state index is 5.73. The smallest absolute Gasteiger partial charge is 0.0712 e. The van der Waals surface area contributed by atoms with E-state index in [0.717, 1.165) is 0 Å². The molecule has 3 N–H and O–H groups in total. The third-order valence-electron chi connectivity index (χ3n) is 3.11. The van der Waals surface area contributed by atoms with E-state index in [2.05, 4.69) is 84.3 Å². The maximum Gasteiger partial charge on any atom is 0.0712 e. The number of aryl methyl sites for hydroxylation is 2. The molecule has 0 spiro atoms. The van der Waals surface area contributed by atoms with Gasteiger partial charge in [-0.2, -0.15) is 0 Å². The highest BCUT2D eigenvalue weighted by Crippen LogP contribution is 2.25. The highest BCUT2D eigenvalue weighted by atomic mass is 127. The van der Waals surface area contributed by atoms with Gasteiger partial charge in [0.05, 0.1) is 6.04 Å². The Kier molecular flexibility index (Phi) is 4.37. The lowest BCUT2D eigenvalue weighted by atomic mass is 9.94. The zero-order valence-corrected chi connectivity index (χ0v) is 12.7. The predicted molar refractivity (Wildman–Crippen MR) is 84.2 cm³/mol. The average Bonchev–Trinajstić information content (AvgIpc) is 2.35. The van der Waals surface area contributed by atoms with Crippen LogP contribution in [0.5, 0.6) is 0 Å². The van der Waals surface area contributed by atoms with Crippen LogP contribution < -0.4 is 11.3 Å². The fourth-order valence-corrected chi connectivity index (χ4v) is 2.53. The molecule has 0 aliphatic heterocycles. The quantitative estimate of drug-likeness (QED) is 0.504. The Bertz CT molecular complexity index is 535. The minimum absolute atomic E-state index is 0.0441. The number of hydrogen-bond acceptors (Lipinski definition) is 2. The second kappa shape index (κ2) is 5.82. The van der Waals surface area contributed by atoms with E-state index in [1.54, 1.807) is 0 Å². The molecule has 0 bridgehead atoms. The van der Waals surface area contributed by atoms with Crippen LogP contribution in [-0.4, -0.2) is 0 Å². The molecule has 2 aromatic carbocycles. The first kappa shape index (κ1) is 13.5. The summed E-state index contributed by atoms with van der Waals surface area (Å²) in [6.07, 6.45) is 0. The van der Waals surface area contributed by atoms with Crippen molar-refractivity contribution in [2.75, 3.05) is 0 Å². The van der Waals surface area contributed by atoms with Gasteiger partial charge >= 0.3 is 0 Å². The molecule has 2 nitrogen and oxygen atoms in total. The maximum atomic E-state index is 5.73. The third kappa shape index (κ3) is 2.91. The fraction of sp³-hybridized carbons (Fsp3) is 0.200. The highest BCUT2D eigenvalue weighted by molar-refractivity contribution is 14.1. The summed E-state index contributed by atoms with van der Waals surface area (Å²) in [6, 6.07) is 14.9. The first-order valence-electron chi connectivity index (χ1n) is 5.90. The molecule has 0 saturated heterocycles. The summed E-state index contributed by atoms with van der Waals surface area (Å²) in [5.74, 6) is 5.73. The van der Waals surface area contributed by atoms with Gasteiger partial charge in [0.25, 0.3) is 0 Å². The van der Waals surface area contributed by atoms with Crippen LogP contribution in [0.1, 0.15) is 28.3 Å². The van der Waals surface area contributed by atoms with Gasteiger partial charge in [-0.15, -0.1) is 0 Å². The van der Waals surface area contributed by atoms with Gasteiger partial charge in [-0.05, 0) is 65.3 Å². The summed E-state index contributed by atoms with van der Waals surface area (Å²) in [5.41, 5.74) is 7.86. The average molecular weight is 352 g/mol. The van der Waals surface area contributed by atoms with Gasteiger partial charge in [-0.25, -0.2) is 5.43 Å². The van der Waals surface area contributed by atoms with E-state index in [9.17, 15) is 0 Å². The third-order valence-corrected chi connectivity index (χ3v) is 3.83. The summed E-state index contributed by atoms with van der Waals surface area (Å²) in [6.45, 7) is 4.23. The molecule has 0 aromatic heterocycles. The van der Waals surface area contributed by atoms with Crippen molar-refractivity contribution in [3.63, 3.8) is 0 Å². The van der Waals surface area contributed by atoms with E-state index in [4.69, 9.17) is 5.84 Å². The molecule has 1 unspecified atom stereocenters. The first-order valence-corrected chi connectivity index (χ1v) is 6.98. The van der Waals surface area contributed by atoms with Gasteiger partial charge < -0.3 is 0 Å². The van der Waals surface area contributed by atoms with Crippen molar-refractivity contribution in [2.24, 2.45) is 5.84 Å². The van der Waals surface area contributed by atoms with Gasteiger partial charge in [0.1, 0.15) is 0 Å². The summed E-state index contributed by atoms with van der Waals surface area (Å²) < 4.78 is 1.23. The minimum atomic E-state index is 0.0441. The van der Waals surface area contributed by atoms with Crippen molar-refractivity contribution in [1.82, 2.24) is 5.43 Å². The van der Waals surface area contributed by atoms with Crippen molar-refractivity contribution < 1.29 is 0 Å². The molecule has 0 heterocycles. The van der Waals surface area contributed by atoms with E-state index in [1.165, 1.54) is 25.8 Å². The Hall–Kier alpha value is -0.910. The zero-order valence-electron chi connectivity index (χ0n) is 10.6. The van der Waals surface area contributed by atoms with E-state index in [0.29, 0.717) is 0 Å². The van der Waals surface area contributed by atoms with Gasteiger partial charge in [0.15, 0.2) is 0 Å². The highest BCUT2D eigenvalue weighted by Gasteiger charge is 2.14. The number of nitrogens with one attached hydrogen (secondary N) is 1. The van der Waals surface area contributed by atoms with Gasteiger partial charge in [-0.3, -0.25) is 5.84 Å². The second-order valence-corrected chi connectivity index (χ2v) is 5.76. The molecule has 0 amide bonds. The first-order chi connectivity index (χ1) is 8.61. The lowest BCUT2D eigenvalue weighted by Gasteiger charge is -2.19. The molecule has 3 heteroatoms. The molecule has 0 radical (unpaired) electrons. The van der Waals surface area contributed by atoms with Crippen LogP contribution in [0.4, 0.5) is 0 Å². The number of nitrogens with two attached hydrogens (primary N) is 1. The Morgan fingerprint density at radius 1 is 1.06 bits per heavy atom. The molecular formula is C15H17IN2. The van der Waals surface area contributed by atoms with Gasteiger partial charge in [0, 0.05) is 3.57 Å². The fourth-order valence-electron chi connectivity index (χ4n) is 2.17. The summed E-state index contributed by atoms with van der Waals surface area (Å²) >= 11 is 2.31. The van der Waals surface area contributed by atoms with Crippen LogP contribution in [0.3, 0.4) is 0 Å². The van der Waals surface area contributed by atoms with E-state index < -0.39 is 0 Å². The standard InChI is InChI=1S/C15H17IN2/c1-10-3-8-14(11(2)9-10)15(18-17)12-4-6-13(16)7-5-12/h3-9,15,18H,17H2,1-2H3. The normalized spacial score (nSPS) is 12.4. The van der Waals surface area contributed by atoms with Crippen LogP contribution in [0.15, 0.2) is 42.5 Å². The number of hydrazine groups is 1. The van der Waals surface area contributed by atoms with Gasteiger partial charge in [0.2, 0.25) is 0 Å². The Morgan fingerprint density at radius 2 is 1.72 bits per heavy atom. The molecule has 18 heavy (non-hydrogen) atoms. The lowest BCUT2D eigenvalue weighted by molar-refractivity contribution is 0.633. The molecule has 0 aliphatic rings. The minimum Gasteiger partial charge on any atom is -0.271 e. The van der Waals surface area contributed by atoms with Crippen LogP contribution in [0.25, 0.3) is 0 Å². The van der Waals surface area contributed by atoms with Crippen LogP contribution in [0, 0.1) is 17.4 Å². The predicted octanol–water partition coefficient (Wildman–Crippen LogP) is 3.46. The molecule has 0 aliphatic carbocycles.